The average molecular weight is 340 g/mol. The van der Waals surface area contributed by atoms with E-state index in [2.05, 4.69) is 18.2 Å². The lowest BCUT2D eigenvalue weighted by Crippen LogP contribution is -2.46. The minimum Gasteiger partial charge on any atom is -0.482 e. The van der Waals surface area contributed by atoms with Crippen LogP contribution in [-0.2, 0) is 14.2 Å². The SMILES string of the molecule is C1=CC(CC2CO2)(Oc2ccccc2)C(CC2CO2)C(CC2CO2)=C1. The Labute approximate surface area is 148 Å². The van der Waals surface area contributed by atoms with Crippen molar-refractivity contribution in [1.29, 1.82) is 0 Å². The maximum absolute atomic E-state index is 6.66. The van der Waals surface area contributed by atoms with Crippen molar-refractivity contribution in [3.63, 3.8) is 0 Å². The predicted octanol–water partition coefficient (Wildman–Crippen LogP) is 3.28. The summed E-state index contributed by atoms with van der Waals surface area (Å²) in [5.74, 6) is 1.22. The second-order valence-electron chi connectivity index (χ2n) is 7.53. The van der Waals surface area contributed by atoms with Gasteiger partial charge in [0, 0.05) is 12.3 Å². The number of benzene rings is 1. The van der Waals surface area contributed by atoms with Gasteiger partial charge >= 0.3 is 0 Å². The summed E-state index contributed by atoms with van der Waals surface area (Å²) >= 11 is 0. The van der Waals surface area contributed by atoms with Crippen molar-refractivity contribution >= 4 is 0 Å². The van der Waals surface area contributed by atoms with E-state index in [0.717, 1.165) is 44.8 Å². The summed E-state index contributed by atoms with van der Waals surface area (Å²) in [7, 11) is 0. The maximum Gasteiger partial charge on any atom is 0.137 e. The Morgan fingerprint density at radius 2 is 1.68 bits per heavy atom. The molecule has 1 aromatic carbocycles. The first-order valence-electron chi connectivity index (χ1n) is 9.28. The molecule has 5 unspecified atom stereocenters. The molecule has 3 saturated heterocycles. The number of para-hydroxylation sites is 1. The number of hydrogen-bond acceptors (Lipinski definition) is 4. The highest BCUT2D eigenvalue weighted by Crippen LogP contribution is 2.46. The van der Waals surface area contributed by atoms with E-state index in [1.165, 1.54) is 5.57 Å². The molecule has 3 heterocycles. The molecule has 0 saturated carbocycles. The number of ether oxygens (including phenoxy) is 4. The highest BCUT2D eigenvalue weighted by atomic mass is 16.6. The second kappa shape index (κ2) is 6.27. The van der Waals surface area contributed by atoms with Crippen LogP contribution < -0.4 is 4.74 Å². The molecule has 4 aliphatic rings. The van der Waals surface area contributed by atoms with Gasteiger partial charge in [-0.3, -0.25) is 0 Å². The third-order valence-electron chi connectivity index (χ3n) is 5.49. The zero-order valence-corrected chi connectivity index (χ0v) is 14.3. The van der Waals surface area contributed by atoms with E-state index in [1.807, 2.05) is 30.3 Å². The van der Waals surface area contributed by atoms with Gasteiger partial charge in [-0.15, -0.1) is 0 Å². The summed E-state index contributed by atoms with van der Waals surface area (Å²) < 4.78 is 23.3. The fraction of sp³-hybridized carbons (Fsp3) is 0.524. The van der Waals surface area contributed by atoms with Crippen LogP contribution in [-0.4, -0.2) is 43.7 Å². The van der Waals surface area contributed by atoms with Crippen molar-refractivity contribution in [2.75, 3.05) is 19.8 Å². The lowest BCUT2D eigenvalue weighted by atomic mass is 9.72. The first kappa shape index (κ1) is 15.6. The van der Waals surface area contributed by atoms with Crippen LogP contribution >= 0.6 is 0 Å². The van der Waals surface area contributed by atoms with Crippen molar-refractivity contribution in [2.24, 2.45) is 5.92 Å². The van der Waals surface area contributed by atoms with Gasteiger partial charge in [-0.1, -0.05) is 35.9 Å². The molecule has 0 radical (unpaired) electrons. The van der Waals surface area contributed by atoms with E-state index in [9.17, 15) is 0 Å². The van der Waals surface area contributed by atoms with Crippen molar-refractivity contribution in [2.45, 2.75) is 43.2 Å². The van der Waals surface area contributed by atoms with E-state index in [1.54, 1.807) is 0 Å². The standard InChI is InChI=1S/C21H24O4/c1-2-6-16(7-3-1)25-21(11-19-14-24-19)8-4-5-15(9-17-12-22-17)20(21)10-18-13-23-18/h1-8,17-20H,9-14H2. The highest BCUT2D eigenvalue weighted by molar-refractivity contribution is 5.34. The molecular weight excluding hydrogens is 316 g/mol. The zero-order chi connectivity index (χ0) is 16.7. The van der Waals surface area contributed by atoms with Crippen LogP contribution in [0.15, 0.2) is 54.1 Å². The highest BCUT2D eigenvalue weighted by Gasteiger charge is 2.49. The molecule has 3 fully saturated rings. The van der Waals surface area contributed by atoms with Crippen LogP contribution in [0.1, 0.15) is 19.3 Å². The molecule has 132 valence electrons. The van der Waals surface area contributed by atoms with Crippen LogP contribution in [0.5, 0.6) is 5.75 Å². The summed E-state index contributed by atoms with van der Waals surface area (Å²) in [5, 5.41) is 0. The average Bonchev–Trinajstić information content (AvgIpc) is 3.42. The van der Waals surface area contributed by atoms with Crippen molar-refractivity contribution in [1.82, 2.24) is 0 Å². The quantitative estimate of drug-likeness (QED) is 0.681. The van der Waals surface area contributed by atoms with Crippen LogP contribution in [0.3, 0.4) is 0 Å². The van der Waals surface area contributed by atoms with E-state index in [4.69, 9.17) is 18.9 Å². The number of rotatable bonds is 8. The number of epoxide rings is 3. The molecule has 1 aromatic rings. The fourth-order valence-corrected chi connectivity index (χ4v) is 3.96. The number of hydrogen-bond donors (Lipinski definition) is 0. The minimum absolute atomic E-state index is 0.299. The second-order valence-corrected chi connectivity index (χ2v) is 7.53. The van der Waals surface area contributed by atoms with E-state index >= 15 is 0 Å². The molecule has 25 heavy (non-hydrogen) atoms. The molecule has 5 rings (SSSR count). The van der Waals surface area contributed by atoms with Gasteiger partial charge in [0.15, 0.2) is 0 Å². The molecule has 0 amide bonds. The van der Waals surface area contributed by atoms with Gasteiger partial charge in [0.2, 0.25) is 0 Å². The van der Waals surface area contributed by atoms with Gasteiger partial charge in [-0.2, -0.15) is 0 Å². The van der Waals surface area contributed by atoms with E-state index in [-0.39, 0.29) is 5.60 Å². The monoisotopic (exact) mass is 340 g/mol. The Morgan fingerprint density at radius 1 is 0.960 bits per heavy atom. The fourth-order valence-electron chi connectivity index (χ4n) is 3.96. The van der Waals surface area contributed by atoms with Crippen molar-refractivity contribution in [3.05, 3.63) is 54.1 Å². The molecule has 0 spiro atoms. The molecule has 0 N–H and O–H groups in total. The summed E-state index contributed by atoms with van der Waals surface area (Å²) in [6, 6.07) is 10.1. The molecule has 3 aliphatic heterocycles. The molecule has 0 bridgehead atoms. The van der Waals surface area contributed by atoms with Gasteiger partial charge in [0.1, 0.15) is 11.4 Å². The van der Waals surface area contributed by atoms with Gasteiger partial charge in [-0.05, 0) is 31.1 Å². The molecule has 0 aromatic heterocycles. The summed E-state index contributed by atoms with van der Waals surface area (Å²) in [4.78, 5) is 0. The Balaban J connectivity index is 1.46. The van der Waals surface area contributed by atoms with Gasteiger partial charge in [-0.25, -0.2) is 0 Å². The Hall–Kier alpha value is -1.62. The summed E-state index contributed by atoms with van der Waals surface area (Å²) in [6.07, 6.45) is 10.6. The molecule has 4 nitrogen and oxygen atoms in total. The molecular formula is C21H24O4. The lowest BCUT2D eigenvalue weighted by Gasteiger charge is -2.42. The predicted molar refractivity (Wildman–Crippen MR) is 93.6 cm³/mol. The smallest absolute Gasteiger partial charge is 0.137 e. The Kier molecular flexibility index (Phi) is 3.92. The summed E-state index contributed by atoms with van der Waals surface area (Å²) in [6.45, 7) is 2.59. The first-order chi connectivity index (χ1) is 12.3. The maximum atomic E-state index is 6.66. The van der Waals surface area contributed by atoms with E-state index in [0.29, 0.717) is 24.2 Å². The van der Waals surface area contributed by atoms with E-state index < -0.39 is 0 Å². The first-order valence-corrected chi connectivity index (χ1v) is 9.28. The topological polar surface area (TPSA) is 46.8 Å². The minimum atomic E-state index is -0.368. The number of allylic oxidation sites excluding steroid dienone is 2. The van der Waals surface area contributed by atoms with Crippen LogP contribution in [0.4, 0.5) is 0 Å². The Bertz CT molecular complexity index is 670. The lowest BCUT2D eigenvalue weighted by molar-refractivity contribution is 0.0429. The largest absolute Gasteiger partial charge is 0.482 e. The van der Waals surface area contributed by atoms with Crippen LogP contribution in [0, 0.1) is 5.92 Å². The Morgan fingerprint density at radius 3 is 2.36 bits per heavy atom. The zero-order valence-electron chi connectivity index (χ0n) is 14.3. The van der Waals surface area contributed by atoms with Gasteiger partial charge in [0.05, 0.1) is 38.1 Å². The third kappa shape index (κ3) is 3.66. The molecule has 1 aliphatic carbocycles. The third-order valence-corrected chi connectivity index (χ3v) is 5.49. The molecule has 5 atom stereocenters. The van der Waals surface area contributed by atoms with Crippen LogP contribution in [0.2, 0.25) is 0 Å². The molecule has 4 heteroatoms. The van der Waals surface area contributed by atoms with Crippen LogP contribution in [0.25, 0.3) is 0 Å². The summed E-state index contributed by atoms with van der Waals surface area (Å²) in [5.41, 5.74) is 1.06. The van der Waals surface area contributed by atoms with Crippen molar-refractivity contribution in [3.8, 4) is 5.75 Å². The van der Waals surface area contributed by atoms with Gasteiger partial charge in [0.25, 0.3) is 0 Å². The van der Waals surface area contributed by atoms with Gasteiger partial charge < -0.3 is 18.9 Å². The van der Waals surface area contributed by atoms with Crippen molar-refractivity contribution < 1.29 is 18.9 Å². The normalized spacial score (nSPS) is 38.2.